The van der Waals surface area contributed by atoms with Gasteiger partial charge in [-0.25, -0.2) is 0 Å². The fourth-order valence-electron chi connectivity index (χ4n) is 3.26. The summed E-state index contributed by atoms with van der Waals surface area (Å²) in [7, 11) is 0.0206. The van der Waals surface area contributed by atoms with E-state index in [-0.39, 0.29) is 10.9 Å². The first-order valence-electron chi connectivity index (χ1n) is 9.25. The molecule has 0 saturated carbocycles. The van der Waals surface area contributed by atoms with Gasteiger partial charge in [0, 0.05) is 17.5 Å². The van der Waals surface area contributed by atoms with Crippen LogP contribution in [-0.2, 0) is 17.3 Å². The number of fused-ring (bicyclic) bond motifs is 2. The van der Waals surface area contributed by atoms with Crippen LogP contribution in [0.5, 0.6) is 0 Å². The van der Waals surface area contributed by atoms with Crippen molar-refractivity contribution in [1.29, 1.82) is 0 Å². The van der Waals surface area contributed by atoms with Crippen LogP contribution in [0.1, 0.15) is 36.5 Å². The Bertz CT molecular complexity index is 987. The number of halogens is 6. The summed E-state index contributed by atoms with van der Waals surface area (Å²) >= 11 is -11.1. The Morgan fingerprint density at radius 3 is 1.47 bits per heavy atom. The topological polar surface area (TPSA) is 0 Å². The first kappa shape index (κ1) is 22.8. The molecule has 0 atom stereocenters. The van der Waals surface area contributed by atoms with Gasteiger partial charge in [-0.1, -0.05) is 62.4 Å². The molecule has 3 aromatic rings. The summed E-state index contributed by atoms with van der Waals surface area (Å²) in [5.74, 6) is 0.582. The molecule has 0 saturated heterocycles. The van der Waals surface area contributed by atoms with Crippen LogP contribution in [0.2, 0.25) is 0 Å². The van der Waals surface area contributed by atoms with Crippen LogP contribution in [0.15, 0.2) is 87.5 Å². The third-order valence-corrected chi connectivity index (χ3v) is 6.97. The maximum atomic E-state index is 9.91. The zero-order valence-electron chi connectivity index (χ0n) is 16.3. The molecule has 0 nitrogen and oxygen atoms in total. The van der Waals surface area contributed by atoms with Crippen LogP contribution >= 0.6 is 0 Å². The second-order valence-corrected chi connectivity index (χ2v) is 13.4. The average Bonchev–Trinajstić information content (AvgIpc) is 2.63. The minimum atomic E-state index is -11.1. The summed E-state index contributed by atoms with van der Waals surface area (Å²) in [4.78, 5) is 4.40. The van der Waals surface area contributed by atoms with Gasteiger partial charge in [0.2, 0.25) is 0 Å². The SMILES string of the molecule is CC(C)c1ccc([S+]2c3ccccc3Cc3ccccc32)cc1.F[As-](F)(F)(F)(F)F. The Kier molecular flexibility index (Phi) is 5.62. The molecular weight excluding hydrogens is 485 g/mol. The van der Waals surface area contributed by atoms with Crippen LogP contribution in [0, 0.1) is 0 Å². The molecule has 0 radical (unpaired) electrons. The predicted octanol–water partition coefficient (Wildman–Crippen LogP) is 7.95. The molecule has 1 heterocycles. The first-order valence-corrected chi connectivity index (χ1v) is 14.7. The van der Waals surface area contributed by atoms with Crippen molar-refractivity contribution < 1.29 is 20.8 Å². The normalized spacial score (nSPS) is 15.9. The van der Waals surface area contributed by atoms with Gasteiger partial charge in [-0.15, -0.1) is 0 Å². The molecule has 30 heavy (non-hydrogen) atoms. The molecule has 0 aromatic heterocycles. The monoisotopic (exact) mass is 506 g/mol. The van der Waals surface area contributed by atoms with Gasteiger partial charge in [0.25, 0.3) is 0 Å². The van der Waals surface area contributed by atoms with Crippen LogP contribution in [0.3, 0.4) is 0 Å². The summed E-state index contributed by atoms with van der Waals surface area (Å²) in [6.07, 6.45) is 1.06. The zero-order valence-corrected chi connectivity index (χ0v) is 19.0. The number of benzene rings is 3. The fraction of sp³-hybridized carbons (Fsp3) is 0.182. The molecule has 0 unspecified atom stereocenters. The van der Waals surface area contributed by atoms with Gasteiger partial charge in [-0.05, 0) is 35.7 Å². The van der Waals surface area contributed by atoms with Crippen molar-refractivity contribution >= 4 is 25.1 Å². The van der Waals surface area contributed by atoms with Crippen LogP contribution in [0.25, 0.3) is 0 Å². The van der Waals surface area contributed by atoms with E-state index in [4.69, 9.17) is 0 Å². The summed E-state index contributed by atoms with van der Waals surface area (Å²) < 4.78 is 59.4. The van der Waals surface area contributed by atoms with E-state index in [1.165, 1.54) is 31.4 Å². The second-order valence-electron chi connectivity index (χ2n) is 7.38. The molecule has 162 valence electrons. The van der Waals surface area contributed by atoms with Crippen LogP contribution in [0.4, 0.5) is 20.8 Å². The molecular formula is C22H21AsF6S. The molecule has 3 aromatic carbocycles. The Morgan fingerprint density at radius 2 is 1.07 bits per heavy atom. The van der Waals surface area contributed by atoms with E-state index in [1.54, 1.807) is 0 Å². The second kappa shape index (κ2) is 7.38. The van der Waals surface area contributed by atoms with Crippen molar-refractivity contribution in [2.24, 2.45) is 0 Å². The van der Waals surface area contributed by atoms with Crippen molar-refractivity contribution in [3.63, 3.8) is 0 Å². The molecule has 0 bridgehead atoms. The van der Waals surface area contributed by atoms with Crippen molar-refractivity contribution in [3.05, 3.63) is 89.5 Å². The zero-order chi connectivity index (χ0) is 22.2. The van der Waals surface area contributed by atoms with E-state index >= 15 is 0 Å². The standard InChI is InChI=1S/C22H21S.AsF6/c1-16(2)17-11-13-20(14-12-17)23-21-9-5-3-7-18(21)15-19-8-4-6-10-22(19)23;2-1(3,4,5,6)7/h3-14,16H,15H2,1-2H3;/q+1;-1. The molecule has 0 N–H and O–H groups in total. The van der Waals surface area contributed by atoms with E-state index < -0.39 is 14.2 Å². The average molecular weight is 506 g/mol. The van der Waals surface area contributed by atoms with Crippen molar-refractivity contribution in [2.45, 2.75) is 40.9 Å². The van der Waals surface area contributed by atoms with Gasteiger partial charge in [0.1, 0.15) is 0 Å². The van der Waals surface area contributed by atoms with E-state index in [0.29, 0.717) is 5.92 Å². The van der Waals surface area contributed by atoms with Gasteiger partial charge in [-0.3, -0.25) is 0 Å². The third-order valence-electron chi connectivity index (χ3n) is 4.55. The molecule has 0 spiro atoms. The summed E-state index contributed by atoms with van der Waals surface area (Å²) in [5.41, 5.74) is 4.36. The van der Waals surface area contributed by atoms with Crippen LogP contribution in [-0.4, -0.2) is 14.2 Å². The molecule has 4 rings (SSSR count). The Morgan fingerprint density at radius 1 is 0.667 bits per heavy atom. The van der Waals surface area contributed by atoms with Crippen molar-refractivity contribution in [3.8, 4) is 0 Å². The Balaban J connectivity index is 0.000000318. The van der Waals surface area contributed by atoms with Gasteiger partial charge >= 0.3 is 35.0 Å². The third kappa shape index (κ3) is 6.58. The number of rotatable bonds is 2. The molecule has 1 aliphatic heterocycles. The van der Waals surface area contributed by atoms with Crippen LogP contribution < -0.4 is 0 Å². The minimum absolute atomic E-state index is 0.0206. The van der Waals surface area contributed by atoms with Crippen molar-refractivity contribution in [1.82, 2.24) is 0 Å². The molecule has 8 heteroatoms. The van der Waals surface area contributed by atoms with E-state index in [9.17, 15) is 20.8 Å². The molecule has 1 aliphatic rings. The Hall–Kier alpha value is -1.85. The van der Waals surface area contributed by atoms with Gasteiger partial charge in [-0.2, -0.15) is 0 Å². The van der Waals surface area contributed by atoms with Gasteiger partial charge in [0.15, 0.2) is 14.7 Å². The number of hydrogen-bond acceptors (Lipinski definition) is 0. The molecule has 0 fully saturated rings. The molecule has 0 aliphatic carbocycles. The van der Waals surface area contributed by atoms with E-state index in [2.05, 4.69) is 86.6 Å². The summed E-state index contributed by atoms with van der Waals surface area (Å²) in [6, 6.07) is 27.1. The first-order chi connectivity index (χ1) is 13.7. The van der Waals surface area contributed by atoms with Gasteiger partial charge in [0.05, 0.1) is 10.9 Å². The molecule has 0 amide bonds. The summed E-state index contributed by atoms with van der Waals surface area (Å²) in [6.45, 7) is 4.50. The maximum absolute atomic E-state index is 11.1. The summed E-state index contributed by atoms with van der Waals surface area (Å²) in [5, 5.41) is 0. The predicted molar refractivity (Wildman–Crippen MR) is 111 cm³/mol. The van der Waals surface area contributed by atoms with Gasteiger partial charge < -0.3 is 0 Å². The van der Waals surface area contributed by atoms with E-state index in [1.807, 2.05) is 0 Å². The van der Waals surface area contributed by atoms with E-state index in [0.717, 1.165) is 6.42 Å². The Labute approximate surface area is 176 Å². The fourth-order valence-corrected chi connectivity index (χ4v) is 5.65. The quantitative estimate of drug-likeness (QED) is 0.147. The number of hydrogen-bond donors (Lipinski definition) is 0. The van der Waals surface area contributed by atoms with Crippen molar-refractivity contribution in [2.75, 3.05) is 0 Å².